The first-order chi connectivity index (χ1) is 11.3. The number of carbonyl (C=O) groups excluding carboxylic acids is 1. The lowest BCUT2D eigenvalue weighted by atomic mass is 10.1. The number of nitrogens with one attached hydrogen (secondary N) is 2. The topological polar surface area (TPSA) is 41.1 Å². The second kappa shape index (κ2) is 6.97. The molecule has 3 rings (SSSR count). The first-order valence-corrected chi connectivity index (χ1v) is 7.87. The quantitative estimate of drug-likeness (QED) is 0.690. The average molecular weight is 304 g/mol. The summed E-state index contributed by atoms with van der Waals surface area (Å²) in [5.74, 6) is 0. The van der Waals surface area contributed by atoms with Gasteiger partial charge in [0.2, 0.25) is 0 Å². The Morgan fingerprint density at radius 2 is 1.61 bits per heavy atom. The fourth-order valence-electron chi connectivity index (χ4n) is 2.70. The van der Waals surface area contributed by atoms with Gasteiger partial charge in [-0.15, -0.1) is 0 Å². The Morgan fingerprint density at radius 3 is 2.35 bits per heavy atom. The summed E-state index contributed by atoms with van der Waals surface area (Å²) in [4.78, 5) is 12.3. The summed E-state index contributed by atoms with van der Waals surface area (Å²) in [6, 6.07) is 23.9. The predicted molar refractivity (Wildman–Crippen MR) is 95.6 cm³/mol. The molecular weight excluding hydrogens is 284 g/mol. The van der Waals surface area contributed by atoms with E-state index in [9.17, 15) is 4.79 Å². The first kappa shape index (κ1) is 15.1. The van der Waals surface area contributed by atoms with Gasteiger partial charge in [-0.1, -0.05) is 67.6 Å². The third-order valence-corrected chi connectivity index (χ3v) is 3.92. The molecule has 1 atom stereocenters. The molecule has 0 aliphatic heterocycles. The van der Waals surface area contributed by atoms with Gasteiger partial charge in [-0.25, -0.2) is 4.79 Å². The molecule has 0 saturated heterocycles. The largest absolute Gasteiger partial charge is 0.331 e. The van der Waals surface area contributed by atoms with Crippen LogP contribution in [0, 0.1) is 0 Å². The van der Waals surface area contributed by atoms with Gasteiger partial charge in [-0.3, -0.25) is 0 Å². The molecule has 3 heteroatoms. The highest BCUT2D eigenvalue weighted by Gasteiger charge is 2.12. The van der Waals surface area contributed by atoms with Crippen molar-refractivity contribution in [3.63, 3.8) is 0 Å². The minimum Gasteiger partial charge on any atom is -0.331 e. The van der Waals surface area contributed by atoms with Gasteiger partial charge in [-0.05, 0) is 34.9 Å². The van der Waals surface area contributed by atoms with Crippen molar-refractivity contribution in [2.24, 2.45) is 0 Å². The third-order valence-electron chi connectivity index (χ3n) is 3.92. The Hall–Kier alpha value is -2.81. The van der Waals surface area contributed by atoms with Crippen molar-refractivity contribution < 1.29 is 4.79 Å². The fourth-order valence-corrected chi connectivity index (χ4v) is 2.70. The molecule has 0 heterocycles. The van der Waals surface area contributed by atoms with E-state index in [0.717, 1.165) is 28.4 Å². The molecule has 0 aliphatic rings. The highest BCUT2D eigenvalue weighted by Crippen LogP contribution is 2.20. The van der Waals surface area contributed by atoms with Gasteiger partial charge in [-0.2, -0.15) is 0 Å². The van der Waals surface area contributed by atoms with Gasteiger partial charge in [0, 0.05) is 5.69 Å². The molecule has 2 amide bonds. The summed E-state index contributed by atoms with van der Waals surface area (Å²) >= 11 is 0. The zero-order valence-corrected chi connectivity index (χ0v) is 13.1. The monoisotopic (exact) mass is 304 g/mol. The van der Waals surface area contributed by atoms with Crippen LogP contribution < -0.4 is 10.6 Å². The number of benzene rings is 3. The van der Waals surface area contributed by atoms with Crippen molar-refractivity contribution in [1.82, 2.24) is 5.32 Å². The molecule has 0 radical (unpaired) electrons. The lowest BCUT2D eigenvalue weighted by molar-refractivity contribution is 0.248. The molecule has 2 N–H and O–H groups in total. The molecule has 23 heavy (non-hydrogen) atoms. The molecule has 1 unspecified atom stereocenters. The number of rotatable bonds is 4. The molecule has 0 fully saturated rings. The predicted octanol–water partition coefficient (Wildman–Crippen LogP) is 5.11. The van der Waals surface area contributed by atoms with Crippen LogP contribution in [0.5, 0.6) is 0 Å². The third kappa shape index (κ3) is 3.69. The Morgan fingerprint density at radius 1 is 0.913 bits per heavy atom. The second-order valence-electron chi connectivity index (χ2n) is 5.53. The molecule has 0 saturated carbocycles. The lowest BCUT2D eigenvalue weighted by Gasteiger charge is -2.18. The summed E-state index contributed by atoms with van der Waals surface area (Å²) in [7, 11) is 0. The minimum absolute atomic E-state index is 0.0108. The van der Waals surface area contributed by atoms with E-state index in [2.05, 4.69) is 23.6 Å². The van der Waals surface area contributed by atoms with E-state index in [0.29, 0.717) is 0 Å². The maximum absolute atomic E-state index is 12.3. The molecule has 3 nitrogen and oxygen atoms in total. The number of hydrogen-bond donors (Lipinski definition) is 2. The molecule has 0 spiro atoms. The fraction of sp³-hybridized carbons (Fsp3) is 0.150. The molecule has 116 valence electrons. The molecular formula is C20H20N2O. The number of fused-ring (bicyclic) bond motifs is 1. The smallest absolute Gasteiger partial charge is 0.319 e. The molecule has 3 aromatic carbocycles. The van der Waals surface area contributed by atoms with Crippen molar-refractivity contribution >= 4 is 22.5 Å². The van der Waals surface area contributed by atoms with Gasteiger partial charge in [0.1, 0.15) is 0 Å². The van der Waals surface area contributed by atoms with Crippen molar-refractivity contribution in [2.45, 2.75) is 19.4 Å². The van der Waals surface area contributed by atoms with E-state index in [1.54, 1.807) is 0 Å². The van der Waals surface area contributed by atoms with Crippen LogP contribution in [0.1, 0.15) is 24.9 Å². The highest BCUT2D eigenvalue weighted by molar-refractivity contribution is 5.93. The van der Waals surface area contributed by atoms with E-state index in [1.165, 1.54) is 0 Å². The summed E-state index contributed by atoms with van der Waals surface area (Å²) in [6.45, 7) is 2.06. The van der Waals surface area contributed by atoms with Crippen molar-refractivity contribution in [1.29, 1.82) is 0 Å². The minimum atomic E-state index is -0.184. The zero-order chi connectivity index (χ0) is 16.1. The highest BCUT2D eigenvalue weighted by atomic mass is 16.2. The Balaban J connectivity index is 1.70. The van der Waals surface area contributed by atoms with Crippen molar-refractivity contribution in [3.05, 3.63) is 78.4 Å². The van der Waals surface area contributed by atoms with E-state index in [1.807, 2.05) is 66.7 Å². The zero-order valence-electron chi connectivity index (χ0n) is 13.1. The van der Waals surface area contributed by atoms with Crippen LogP contribution in [0.15, 0.2) is 72.8 Å². The molecule has 3 aromatic rings. The van der Waals surface area contributed by atoms with Crippen LogP contribution in [-0.2, 0) is 0 Å². The Labute approximate surface area is 136 Å². The second-order valence-corrected chi connectivity index (χ2v) is 5.53. The molecule has 0 bridgehead atoms. The maximum Gasteiger partial charge on any atom is 0.319 e. The first-order valence-electron chi connectivity index (χ1n) is 7.87. The van der Waals surface area contributed by atoms with Crippen molar-refractivity contribution in [2.75, 3.05) is 5.32 Å². The van der Waals surface area contributed by atoms with Crippen LogP contribution in [-0.4, -0.2) is 6.03 Å². The number of hydrogen-bond acceptors (Lipinski definition) is 1. The normalized spacial score (nSPS) is 11.9. The van der Waals surface area contributed by atoms with Crippen LogP contribution in [0.25, 0.3) is 10.8 Å². The van der Waals surface area contributed by atoms with Gasteiger partial charge >= 0.3 is 6.03 Å². The van der Waals surface area contributed by atoms with Crippen LogP contribution in [0.2, 0.25) is 0 Å². The standard InChI is InChI=1S/C20H20N2O/c1-2-19(16-9-4-3-5-10-16)22-20(23)21-18-13-12-15-8-6-7-11-17(15)14-18/h3-14,19H,2H2,1H3,(H2,21,22,23). The summed E-state index contributed by atoms with van der Waals surface area (Å²) in [5, 5.41) is 8.22. The number of urea groups is 1. The number of amides is 2. The Bertz CT molecular complexity index is 799. The van der Waals surface area contributed by atoms with E-state index in [4.69, 9.17) is 0 Å². The van der Waals surface area contributed by atoms with E-state index >= 15 is 0 Å². The van der Waals surface area contributed by atoms with Gasteiger partial charge in [0.15, 0.2) is 0 Å². The van der Waals surface area contributed by atoms with Crippen molar-refractivity contribution in [3.8, 4) is 0 Å². The maximum atomic E-state index is 12.3. The van der Waals surface area contributed by atoms with Gasteiger partial charge in [0.25, 0.3) is 0 Å². The number of carbonyl (C=O) groups is 1. The summed E-state index contributed by atoms with van der Waals surface area (Å²) in [6.07, 6.45) is 0.842. The van der Waals surface area contributed by atoms with Crippen LogP contribution >= 0.6 is 0 Å². The number of anilines is 1. The van der Waals surface area contributed by atoms with Gasteiger partial charge < -0.3 is 10.6 Å². The average Bonchev–Trinajstić information content (AvgIpc) is 2.60. The molecule has 0 aromatic heterocycles. The summed E-state index contributed by atoms with van der Waals surface area (Å²) < 4.78 is 0. The van der Waals surface area contributed by atoms with Crippen LogP contribution in [0.3, 0.4) is 0 Å². The van der Waals surface area contributed by atoms with Crippen LogP contribution in [0.4, 0.5) is 10.5 Å². The Kier molecular flexibility index (Phi) is 4.57. The van der Waals surface area contributed by atoms with Gasteiger partial charge in [0.05, 0.1) is 6.04 Å². The lowest BCUT2D eigenvalue weighted by Crippen LogP contribution is -2.32. The van der Waals surface area contributed by atoms with E-state index in [-0.39, 0.29) is 12.1 Å². The molecule has 0 aliphatic carbocycles. The SMILES string of the molecule is CCC(NC(=O)Nc1ccc2ccccc2c1)c1ccccc1. The van der Waals surface area contributed by atoms with E-state index < -0.39 is 0 Å². The summed E-state index contributed by atoms with van der Waals surface area (Å²) in [5.41, 5.74) is 1.91.